The van der Waals surface area contributed by atoms with E-state index in [-0.39, 0.29) is 0 Å². The Bertz CT molecular complexity index is 310. The Hall–Kier alpha value is -0.530. The van der Waals surface area contributed by atoms with E-state index in [0.717, 1.165) is 25.5 Å². The summed E-state index contributed by atoms with van der Waals surface area (Å²) < 4.78 is 0. The zero-order chi connectivity index (χ0) is 10.4. The van der Waals surface area contributed by atoms with E-state index in [4.69, 9.17) is 23.2 Å². The van der Waals surface area contributed by atoms with Gasteiger partial charge in [0, 0.05) is 6.42 Å². The van der Waals surface area contributed by atoms with E-state index in [9.17, 15) is 4.79 Å². The highest BCUT2D eigenvalue weighted by molar-refractivity contribution is 6.42. The van der Waals surface area contributed by atoms with Crippen molar-refractivity contribution in [1.29, 1.82) is 0 Å². The van der Waals surface area contributed by atoms with Gasteiger partial charge in [0.2, 0.25) is 0 Å². The van der Waals surface area contributed by atoms with Gasteiger partial charge in [-0.3, -0.25) is 0 Å². The molecule has 0 atom stereocenters. The molecule has 76 valence electrons. The predicted molar refractivity (Wildman–Crippen MR) is 60.1 cm³/mol. The van der Waals surface area contributed by atoms with Crippen LogP contribution in [0, 0.1) is 0 Å². The maximum absolute atomic E-state index is 10.1. The van der Waals surface area contributed by atoms with Crippen molar-refractivity contribution >= 4 is 29.5 Å². The summed E-state index contributed by atoms with van der Waals surface area (Å²) in [6.07, 6.45) is 4.49. The maximum Gasteiger partial charge on any atom is 0.119 e. The first-order valence-electron chi connectivity index (χ1n) is 4.61. The van der Waals surface area contributed by atoms with Crippen molar-refractivity contribution in [3.63, 3.8) is 0 Å². The van der Waals surface area contributed by atoms with Crippen LogP contribution in [0.4, 0.5) is 0 Å². The van der Waals surface area contributed by atoms with Crippen LogP contribution < -0.4 is 0 Å². The summed E-state index contributed by atoms with van der Waals surface area (Å²) in [5.41, 5.74) is 1.17. The third kappa shape index (κ3) is 3.69. The molecule has 0 bridgehead atoms. The van der Waals surface area contributed by atoms with Crippen LogP contribution in [0.2, 0.25) is 10.0 Å². The Morgan fingerprint density at radius 2 is 1.93 bits per heavy atom. The summed E-state index contributed by atoms with van der Waals surface area (Å²) in [6, 6.07) is 5.65. The number of benzene rings is 1. The van der Waals surface area contributed by atoms with Crippen molar-refractivity contribution in [3.8, 4) is 0 Å². The molecule has 0 spiro atoms. The van der Waals surface area contributed by atoms with Gasteiger partial charge in [0.15, 0.2) is 0 Å². The van der Waals surface area contributed by atoms with Crippen molar-refractivity contribution in [2.45, 2.75) is 25.7 Å². The standard InChI is InChI=1S/C11H12Cl2O/c12-10-6-5-9(8-11(10)13)4-2-1-3-7-14/h5-8H,1-4H2. The zero-order valence-corrected chi connectivity index (χ0v) is 9.31. The van der Waals surface area contributed by atoms with Crippen LogP contribution in [-0.2, 0) is 11.2 Å². The molecular formula is C11H12Cl2O. The molecule has 1 aromatic rings. The molecule has 3 heteroatoms. The average molecular weight is 231 g/mol. The topological polar surface area (TPSA) is 17.1 Å². The first kappa shape index (κ1) is 11.5. The van der Waals surface area contributed by atoms with Crippen LogP contribution >= 0.6 is 23.2 Å². The van der Waals surface area contributed by atoms with Crippen molar-refractivity contribution < 1.29 is 4.79 Å². The summed E-state index contributed by atoms with van der Waals surface area (Å²) in [6.45, 7) is 0. The van der Waals surface area contributed by atoms with E-state index in [1.54, 1.807) is 6.07 Å². The second-order valence-corrected chi connectivity index (χ2v) is 3.98. The second-order valence-electron chi connectivity index (χ2n) is 3.16. The second kappa shape index (κ2) is 6.05. The molecule has 0 amide bonds. The van der Waals surface area contributed by atoms with E-state index in [0.29, 0.717) is 16.5 Å². The quantitative estimate of drug-likeness (QED) is 0.554. The predicted octanol–water partition coefficient (Wildman–Crippen LogP) is 3.91. The van der Waals surface area contributed by atoms with Crippen molar-refractivity contribution in [1.82, 2.24) is 0 Å². The number of carbonyl (C=O) groups excluding carboxylic acids is 1. The van der Waals surface area contributed by atoms with E-state index in [1.165, 1.54) is 5.56 Å². The summed E-state index contributed by atoms with van der Waals surface area (Å²) in [5, 5.41) is 1.18. The van der Waals surface area contributed by atoms with Gasteiger partial charge in [-0.05, 0) is 37.0 Å². The van der Waals surface area contributed by atoms with Crippen LogP contribution in [0.15, 0.2) is 18.2 Å². The molecule has 0 saturated heterocycles. The van der Waals surface area contributed by atoms with Crippen molar-refractivity contribution in [2.75, 3.05) is 0 Å². The van der Waals surface area contributed by atoms with E-state index < -0.39 is 0 Å². The minimum Gasteiger partial charge on any atom is -0.303 e. The minimum absolute atomic E-state index is 0.586. The Morgan fingerprint density at radius 3 is 2.57 bits per heavy atom. The van der Waals surface area contributed by atoms with Gasteiger partial charge in [0.25, 0.3) is 0 Å². The molecule has 14 heavy (non-hydrogen) atoms. The molecule has 1 nitrogen and oxygen atoms in total. The molecule has 1 aromatic carbocycles. The van der Waals surface area contributed by atoms with E-state index in [2.05, 4.69) is 0 Å². The Labute approximate surface area is 94.0 Å². The molecule has 0 radical (unpaired) electrons. The molecule has 0 heterocycles. The molecule has 0 unspecified atom stereocenters. The lowest BCUT2D eigenvalue weighted by atomic mass is 10.1. The zero-order valence-electron chi connectivity index (χ0n) is 7.80. The van der Waals surface area contributed by atoms with E-state index >= 15 is 0 Å². The molecule has 0 aliphatic heterocycles. The normalized spacial score (nSPS) is 10.1. The lowest BCUT2D eigenvalue weighted by Crippen LogP contribution is -1.86. The molecule has 0 fully saturated rings. The van der Waals surface area contributed by atoms with Gasteiger partial charge in [-0.1, -0.05) is 29.3 Å². The highest BCUT2D eigenvalue weighted by atomic mass is 35.5. The molecular weight excluding hydrogens is 219 g/mol. The summed E-state index contributed by atoms with van der Waals surface area (Å²) in [5.74, 6) is 0. The van der Waals surface area contributed by atoms with Crippen LogP contribution in [0.5, 0.6) is 0 Å². The van der Waals surface area contributed by atoms with E-state index in [1.807, 2.05) is 12.1 Å². The van der Waals surface area contributed by atoms with Crippen molar-refractivity contribution in [2.24, 2.45) is 0 Å². The number of hydrogen-bond acceptors (Lipinski definition) is 1. The lowest BCUT2D eigenvalue weighted by Gasteiger charge is -2.01. The summed E-state index contributed by atoms with van der Waals surface area (Å²) in [7, 11) is 0. The molecule has 0 N–H and O–H groups in total. The highest BCUT2D eigenvalue weighted by Crippen LogP contribution is 2.23. The molecule has 0 saturated carbocycles. The SMILES string of the molecule is O=CCCCCc1ccc(Cl)c(Cl)c1. The Kier molecular flexibility index (Phi) is 4.99. The smallest absolute Gasteiger partial charge is 0.119 e. The average Bonchev–Trinajstić information content (AvgIpc) is 2.18. The maximum atomic E-state index is 10.1. The van der Waals surface area contributed by atoms with Gasteiger partial charge < -0.3 is 4.79 Å². The summed E-state index contributed by atoms with van der Waals surface area (Å²) in [4.78, 5) is 10.1. The molecule has 0 aliphatic carbocycles. The third-order valence-electron chi connectivity index (χ3n) is 2.02. The van der Waals surface area contributed by atoms with Crippen LogP contribution in [0.3, 0.4) is 0 Å². The monoisotopic (exact) mass is 230 g/mol. The Balaban J connectivity index is 2.43. The number of aryl methyl sites for hydroxylation is 1. The third-order valence-corrected chi connectivity index (χ3v) is 2.76. The minimum atomic E-state index is 0.586. The highest BCUT2D eigenvalue weighted by Gasteiger charge is 1.99. The van der Waals surface area contributed by atoms with Gasteiger partial charge in [-0.25, -0.2) is 0 Å². The van der Waals surface area contributed by atoms with Crippen LogP contribution in [0.25, 0.3) is 0 Å². The first-order valence-corrected chi connectivity index (χ1v) is 5.37. The fraction of sp³-hybridized carbons (Fsp3) is 0.364. The number of hydrogen-bond donors (Lipinski definition) is 0. The largest absolute Gasteiger partial charge is 0.303 e. The first-order chi connectivity index (χ1) is 6.74. The molecule has 0 aliphatic rings. The molecule has 1 rings (SSSR count). The van der Waals surface area contributed by atoms with Gasteiger partial charge in [0.05, 0.1) is 10.0 Å². The lowest BCUT2D eigenvalue weighted by molar-refractivity contribution is -0.107. The fourth-order valence-corrected chi connectivity index (χ4v) is 1.57. The van der Waals surface area contributed by atoms with Crippen molar-refractivity contribution in [3.05, 3.63) is 33.8 Å². The number of unbranched alkanes of at least 4 members (excludes halogenated alkanes) is 2. The van der Waals surface area contributed by atoms with Gasteiger partial charge in [0.1, 0.15) is 6.29 Å². The number of rotatable bonds is 5. The van der Waals surface area contributed by atoms with Gasteiger partial charge >= 0.3 is 0 Å². The Morgan fingerprint density at radius 1 is 1.14 bits per heavy atom. The molecule has 0 aromatic heterocycles. The van der Waals surface area contributed by atoms with Crippen LogP contribution in [-0.4, -0.2) is 6.29 Å². The summed E-state index contributed by atoms with van der Waals surface area (Å²) >= 11 is 11.7. The van der Waals surface area contributed by atoms with Crippen LogP contribution in [0.1, 0.15) is 24.8 Å². The van der Waals surface area contributed by atoms with Gasteiger partial charge in [-0.15, -0.1) is 0 Å². The number of aldehydes is 1. The fourth-order valence-electron chi connectivity index (χ4n) is 1.25. The van der Waals surface area contributed by atoms with Gasteiger partial charge in [-0.2, -0.15) is 0 Å². The number of halogens is 2. The number of carbonyl (C=O) groups is 1.